The number of aromatic nitrogens is 1. The third-order valence-corrected chi connectivity index (χ3v) is 6.06. The van der Waals surface area contributed by atoms with E-state index in [1.54, 1.807) is 11.3 Å². The Hall–Kier alpha value is -0.410. The summed E-state index contributed by atoms with van der Waals surface area (Å²) in [5.41, 5.74) is 1.04. The molecule has 2 unspecified atom stereocenters. The minimum Gasteiger partial charge on any atom is -0.392 e. The minimum absolute atomic E-state index is 0. The van der Waals surface area contributed by atoms with Crippen LogP contribution in [0, 0.1) is 19.3 Å². The first-order valence-corrected chi connectivity index (χ1v) is 9.89. The van der Waals surface area contributed by atoms with Gasteiger partial charge in [0.25, 0.3) is 0 Å². The fraction of sp³-hybridized carbons (Fsp3) is 0.778. The molecule has 1 aromatic rings. The maximum Gasteiger partial charge on any atom is 0.191 e. The topological polar surface area (TPSA) is 69.5 Å². The fourth-order valence-electron chi connectivity index (χ4n) is 3.10. The molecule has 1 heterocycles. The van der Waals surface area contributed by atoms with Crippen LogP contribution in [-0.2, 0) is 6.42 Å². The molecule has 0 saturated heterocycles. The largest absolute Gasteiger partial charge is 0.392 e. The molecule has 5 nitrogen and oxygen atoms in total. The second-order valence-corrected chi connectivity index (χ2v) is 8.32. The van der Waals surface area contributed by atoms with Crippen LogP contribution < -0.4 is 10.6 Å². The van der Waals surface area contributed by atoms with Gasteiger partial charge in [-0.25, -0.2) is 4.98 Å². The van der Waals surface area contributed by atoms with E-state index in [2.05, 4.69) is 43.3 Å². The van der Waals surface area contributed by atoms with Crippen molar-refractivity contribution in [2.24, 2.45) is 10.4 Å². The number of aliphatic hydroxyl groups excluding tert-OH is 1. The summed E-state index contributed by atoms with van der Waals surface area (Å²) >= 11 is 1.77. The summed E-state index contributed by atoms with van der Waals surface area (Å²) in [6.07, 6.45) is 4.94. The van der Waals surface area contributed by atoms with Crippen molar-refractivity contribution in [3.8, 4) is 0 Å². The van der Waals surface area contributed by atoms with E-state index in [1.807, 2.05) is 0 Å². The van der Waals surface area contributed by atoms with Gasteiger partial charge in [-0.1, -0.05) is 19.8 Å². The molecule has 144 valence electrons. The lowest BCUT2D eigenvalue weighted by molar-refractivity contribution is 0.00716. The average Bonchev–Trinajstić information content (AvgIpc) is 2.86. The number of nitrogens with zero attached hydrogens (tertiary/aromatic N) is 2. The van der Waals surface area contributed by atoms with Crippen molar-refractivity contribution in [1.29, 1.82) is 0 Å². The van der Waals surface area contributed by atoms with E-state index < -0.39 is 0 Å². The van der Waals surface area contributed by atoms with E-state index in [0.29, 0.717) is 6.54 Å². The van der Waals surface area contributed by atoms with E-state index in [4.69, 9.17) is 4.99 Å². The van der Waals surface area contributed by atoms with Gasteiger partial charge in [0, 0.05) is 29.8 Å². The number of guanidine groups is 1. The monoisotopic (exact) mass is 480 g/mol. The molecule has 2 rings (SSSR count). The predicted octanol–water partition coefficient (Wildman–Crippen LogP) is 3.42. The molecular formula is C18H33IN4OS. The zero-order valence-electron chi connectivity index (χ0n) is 15.9. The van der Waals surface area contributed by atoms with Gasteiger partial charge in [0.15, 0.2) is 5.96 Å². The van der Waals surface area contributed by atoms with Gasteiger partial charge in [-0.15, -0.1) is 35.3 Å². The number of aryl methyl sites for hydroxylation is 2. The fourth-order valence-corrected chi connectivity index (χ4v) is 4.03. The summed E-state index contributed by atoms with van der Waals surface area (Å²) < 4.78 is 0. The molecule has 0 aliphatic heterocycles. The molecule has 25 heavy (non-hydrogen) atoms. The zero-order chi connectivity index (χ0) is 17.6. The molecular weight excluding hydrogens is 447 g/mol. The van der Waals surface area contributed by atoms with E-state index in [1.165, 1.54) is 16.3 Å². The lowest BCUT2D eigenvalue weighted by Gasteiger charge is -2.37. The maximum atomic E-state index is 10.3. The first kappa shape index (κ1) is 22.6. The first-order chi connectivity index (χ1) is 11.4. The molecule has 0 aromatic carbocycles. The Kier molecular flexibility index (Phi) is 9.66. The van der Waals surface area contributed by atoms with Gasteiger partial charge in [-0.2, -0.15) is 0 Å². The number of hydrogen-bond donors (Lipinski definition) is 3. The van der Waals surface area contributed by atoms with E-state index in [0.717, 1.165) is 50.4 Å². The highest BCUT2D eigenvalue weighted by molar-refractivity contribution is 14.0. The van der Waals surface area contributed by atoms with Gasteiger partial charge in [0.1, 0.15) is 0 Å². The molecule has 2 atom stereocenters. The molecule has 1 saturated carbocycles. The van der Waals surface area contributed by atoms with Crippen LogP contribution in [0.25, 0.3) is 0 Å². The molecule has 0 amide bonds. The minimum atomic E-state index is -0.237. The molecule has 7 heteroatoms. The number of aliphatic hydroxyl groups is 1. The third kappa shape index (κ3) is 6.67. The number of thiazole rings is 1. The van der Waals surface area contributed by atoms with E-state index >= 15 is 0 Å². The second kappa shape index (κ2) is 10.7. The summed E-state index contributed by atoms with van der Waals surface area (Å²) in [4.78, 5) is 10.6. The van der Waals surface area contributed by atoms with Crippen molar-refractivity contribution in [2.75, 3.05) is 19.6 Å². The SMILES string of the molecule is CCNC(=NCC1(C)CCCCC1O)NCCc1nc(C)c(C)s1.I. The predicted molar refractivity (Wildman–Crippen MR) is 117 cm³/mol. The van der Waals surface area contributed by atoms with E-state index in [9.17, 15) is 5.11 Å². The summed E-state index contributed by atoms with van der Waals surface area (Å²) in [6.45, 7) is 10.7. The Labute approximate surface area is 173 Å². The van der Waals surface area contributed by atoms with Crippen LogP contribution >= 0.6 is 35.3 Å². The van der Waals surface area contributed by atoms with Crippen LogP contribution in [0.15, 0.2) is 4.99 Å². The van der Waals surface area contributed by atoms with Crippen LogP contribution in [0.2, 0.25) is 0 Å². The van der Waals surface area contributed by atoms with Crippen LogP contribution in [0.3, 0.4) is 0 Å². The van der Waals surface area contributed by atoms with Gasteiger partial charge in [0.2, 0.25) is 0 Å². The zero-order valence-corrected chi connectivity index (χ0v) is 19.0. The summed E-state index contributed by atoms with van der Waals surface area (Å²) in [5, 5.41) is 18.2. The van der Waals surface area contributed by atoms with Gasteiger partial charge < -0.3 is 15.7 Å². The average molecular weight is 480 g/mol. The standard InChI is InChI=1S/C18H32N4OS.HI/c1-5-19-17(20-11-9-16-22-13(2)14(3)24-16)21-12-18(4)10-7-6-8-15(18)23;/h15,23H,5-12H2,1-4H3,(H2,19,20,21);1H. The number of hydrogen-bond acceptors (Lipinski definition) is 4. The highest BCUT2D eigenvalue weighted by Gasteiger charge is 2.35. The molecule has 1 fully saturated rings. The molecule has 1 aromatic heterocycles. The van der Waals surface area contributed by atoms with Crippen molar-refractivity contribution in [3.05, 3.63) is 15.6 Å². The third-order valence-electron chi connectivity index (χ3n) is 4.93. The highest BCUT2D eigenvalue weighted by Crippen LogP contribution is 2.36. The highest BCUT2D eigenvalue weighted by atomic mass is 127. The Balaban J connectivity index is 0.00000312. The number of aliphatic imine (C=N–C) groups is 1. The van der Waals surface area contributed by atoms with Crippen molar-refractivity contribution in [2.45, 2.75) is 65.9 Å². The lowest BCUT2D eigenvalue weighted by Crippen LogP contribution is -2.42. The first-order valence-electron chi connectivity index (χ1n) is 9.08. The second-order valence-electron chi connectivity index (χ2n) is 7.04. The van der Waals surface area contributed by atoms with Crippen molar-refractivity contribution in [1.82, 2.24) is 15.6 Å². The van der Waals surface area contributed by atoms with Crippen molar-refractivity contribution in [3.63, 3.8) is 0 Å². The molecule has 0 spiro atoms. The smallest absolute Gasteiger partial charge is 0.191 e. The normalized spacial score (nSPS) is 23.9. The quantitative estimate of drug-likeness (QED) is 0.332. The summed E-state index contributed by atoms with van der Waals surface area (Å²) in [7, 11) is 0. The number of halogens is 1. The van der Waals surface area contributed by atoms with Gasteiger partial charge in [-0.3, -0.25) is 4.99 Å². The Bertz CT molecular complexity index is 544. The van der Waals surface area contributed by atoms with Gasteiger partial charge in [0.05, 0.1) is 23.4 Å². The van der Waals surface area contributed by atoms with E-state index in [-0.39, 0.29) is 35.5 Å². The van der Waals surface area contributed by atoms with Gasteiger partial charge in [-0.05, 0) is 33.6 Å². The van der Waals surface area contributed by atoms with Crippen LogP contribution in [0.1, 0.15) is 55.1 Å². The van der Waals surface area contributed by atoms with Crippen molar-refractivity contribution >= 4 is 41.3 Å². The molecule has 0 bridgehead atoms. The maximum absolute atomic E-state index is 10.3. The Morgan fingerprint density at radius 3 is 2.72 bits per heavy atom. The summed E-state index contributed by atoms with van der Waals surface area (Å²) in [6, 6.07) is 0. The molecule has 3 N–H and O–H groups in total. The Morgan fingerprint density at radius 2 is 2.12 bits per heavy atom. The van der Waals surface area contributed by atoms with Crippen LogP contribution in [0.4, 0.5) is 0 Å². The molecule has 0 radical (unpaired) electrons. The van der Waals surface area contributed by atoms with Crippen LogP contribution in [0.5, 0.6) is 0 Å². The number of rotatable bonds is 6. The lowest BCUT2D eigenvalue weighted by atomic mass is 9.73. The molecule has 1 aliphatic carbocycles. The Morgan fingerprint density at radius 1 is 1.36 bits per heavy atom. The van der Waals surface area contributed by atoms with Gasteiger partial charge >= 0.3 is 0 Å². The van der Waals surface area contributed by atoms with Crippen molar-refractivity contribution < 1.29 is 5.11 Å². The number of nitrogens with one attached hydrogen (secondary N) is 2. The summed E-state index contributed by atoms with van der Waals surface area (Å²) in [5.74, 6) is 0.835. The molecule has 1 aliphatic rings. The van der Waals surface area contributed by atoms with Crippen LogP contribution in [-0.4, -0.2) is 41.8 Å².